The Morgan fingerprint density at radius 2 is 2.22 bits per heavy atom. The van der Waals surface area contributed by atoms with Gasteiger partial charge in [-0.2, -0.15) is 0 Å². The van der Waals surface area contributed by atoms with Gasteiger partial charge in [0.1, 0.15) is 0 Å². The third-order valence-electron chi connectivity index (χ3n) is 3.09. The molecule has 0 bridgehead atoms. The van der Waals surface area contributed by atoms with Gasteiger partial charge in [0.25, 0.3) is 5.56 Å². The lowest BCUT2D eigenvalue weighted by molar-refractivity contribution is 0.503. The third kappa shape index (κ3) is 2.26. The summed E-state index contributed by atoms with van der Waals surface area (Å²) >= 11 is 6.09. The number of hydrogen-bond acceptors (Lipinski definition) is 3. The van der Waals surface area contributed by atoms with Gasteiger partial charge in [-0.15, -0.1) is 0 Å². The van der Waals surface area contributed by atoms with Crippen LogP contribution in [0.4, 0.5) is 0 Å². The first-order chi connectivity index (χ1) is 8.54. The number of aryl methyl sites for hydroxylation is 1. The van der Waals surface area contributed by atoms with Crippen LogP contribution >= 0.6 is 11.6 Å². The fraction of sp³-hybridized carbons (Fsp3) is 0.385. The van der Waals surface area contributed by atoms with Crippen molar-refractivity contribution in [2.45, 2.75) is 26.4 Å². The van der Waals surface area contributed by atoms with Gasteiger partial charge in [-0.3, -0.25) is 9.36 Å². The molecule has 0 spiro atoms. The molecule has 0 aliphatic carbocycles. The Morgan fingerprint density at radius 1 is 1.50 bits per heavy atom. The average molecular weight is 266 g/mol. The van der Waals surface area contributed by atoms with E-state index in [-0.39, 0.29) is 16.9 Å². The van der Waals surface area contributed by atoms with Crippen LogP contribution in [0, 0.1) is 6.92 Å². The summed E-state index contributed by atoms with van der Waals surface area (Å²) in [5.41, 5.74) is 1.50. The number of fused-ring (bicyclic) bond motifs is 1. The van der Waals surface area contributed by atoms with Crippen LogP contribution in [0.15, 0.2) is 23.0 Å². The van der Waals surface area contributed by atoms with Gasteiger partial charge in [0.2, 0.25) is 5.28 Å². The van der Waals surface area contributed by atoms with E-state index in [4.69, 9.17) is 11.6 Å². The highest BCUT2D eigenvalue weighted by Gasteiger charge is 2.12. The molecular weight excluding hydrogens is 250 g/mol. The number of nitrogens with zero attached hydrogens (tertiary/aromatic N) is 2. The van der Waals surface area contributed by atoms with Crippen molar-refractivity contribution in [1.29, 1.82) is 0 Å². The van der Waals surface area contributed by atoms with Gasteiger partial charge in [-0.05, 0) is 44.1 Å². The van der Waals surface area contributed by atoms with Crippen LogP contribution in [0.25, 0.3) is 10.9 Å². The zero-order chi connectivity index (χ0) is 13.3. The molecule has 1 atom stereocenters. The lowest BCUT2D eigenvalue weighted by atomic mass is 10.1. The van der Waals surface area contributed by atoms with Gasteiger partial charge >= 0.3 is 0 Å². The predicted octanol–water partition coefficient (Wildman–Crippen LogP) is 1.97. The normalized spacial score (nSPS) is 12.9. The van der Waals surface area contributed by atoms with Crippen LogP contribution in [-0.2, 0) is 6.54 Å². The fourth-order valence-corrected chi connectivity index (χ4v) is 2.16. The smallest absolute Gasteiger partial charge is 0.262 e. The standard InChI is InChI=1S/C13H16ClN3O/c1-8-5-4-6-10-11(8)12(18)17(13(14)16-10)7-9(2)15-3/h4-6,9,15H,7H2,1-3H3. The maximum atomic E-state index is 12.4. The molecule has 96 valence electrons. The molecular formula is C13H16ClN3O. The molecule has 1 aromatic heterocycles. The first-order valence-electron chi connectivity index (χ1n) is 5.87. The number of likely N-dealkylation sites (N-methyl/N-ethyl adjacent to an activating group) is 1. The lowest BCUT2D eigenvalue weighted by Crippen LogP contribution is -2.33. The van der Waals surface area contributed by atoms with Crippen LogP contribution in [0.2, 0.25) is 5.28 Å². The summed E-state index contributed by atoms with van der Waals surface area (Å²) in [4.78, 5) is 16.7. The van der Waals surface area contributed by atoms with Crippen LogP contribution in [-0.4, -0.2) is 22.6 Å². The van der Waals surface area contributed by atoms with Crippen molar-refractivity contribution in [3.05, 3.63) is 39.4 Å². The Bertz CT molecular complexity index is 636. The molecule has 1 unspecified atom stereocenters. The third-order valence-corrected chi connectivity index (χ3v) is 3.38. The van der Waals surface area contributed by atoms with Crippen molar-refractivity contribution >= 4 is 22.5 Å². The maximum absolute atomic E-state index is 12.4. The number of rotatable bonds is 3. The van der Waals surface area contributed by atoms with Gasteiger partial charge in [-0.1, -0.05) is 12.1 Å². The van der Waals surface area contributed by atoms with E-state index in [1.54, 1.807) is 6.07 Å². The highest BCUT2D eigenvalue weighted by atomic mass is 35.5. The van der Waals surface area contributed by atoms with Gasteiger partial charge in [0, 0.05) is 12.6 Å². The number of benzene rings is 1. The maximum Gasteiger partial charge on any atom is 0.262 e. The minimum atomic E-state index is -0.0785. The number of aromatic nitrogens is 2. The number of hydrogen-bond donors (Lipinski definition) is 1. The van der Waals surface area contributed by atoms with Crippen molar-refractivity contribution in [2.24, 2.45) is 0 Å². The number of nitrogens with one attached hydrogen (secondary N) is 1. The van der Waals surface area contributed by atoms with E-state index in [1.165, 1.54) is 4.57 Å². The average Bonchev–Trinajstić information content (AvgIpc) is 2.33. The molecule has 0 radical (unpaired) electrons. The summed E-state index contributed by atoms with van der Waals surface area (Å²) in [5.74, 6) is 0. The summed E-state index contributed by atoms with van der Waals surface area (Å²) < 4.78 is 1.51. The molecule has 0 aliphatic heterocycles. The molecule has 0 saturated carbocycles. The van der Waals surface area contributed by atoms with Crippen LogP contribution in [0.1, 0.15) is 12.5 Å². The van der Waals surface area contributed by atoms with Crippen molar-refractivity contribution in [2.75, 3.05) is 7.05 Å². The molecule has 0 amide bonds. The Hall–Kier alpha value is -1.39. The second kappa shape index (κ2) is 5.08. The summed E-state index contributed by atoms with van der Waals surface area (Å²) in [7, 11) is 1.85. The van der Waals surface area contributed by atoms with Gasteiger partial charge in [0.05, 0.1) is 10.9 Å². The van der Waals surface area contributed by atoms with Gasteiger partial charge < -0.3 is 5.32 Å². The second-order valence-electron chi connectivity index (χ2n) is 4.46. The van der Waals surface area contributed by atoms with E-state index in [9.17, 15) is 4.79 Å². The van der Waals surface area contributed by atoms with E-state index in [0.717, 1.165) is 5.56 Å². The van der Waals surface area contributed by atoms with E-state index in [0.29, 0.717) is 17.4 Å². The predicted molar refractivity (Wildman–Crippen MR) is 74.3 cm³/mol. The van der Waals surface area contributed by atoms with Crippen LogP contribution < -0.4 is 10.9 Å². The van der Waals surface area contributed by atoms with Crippen molar-refractivity contribution in [1.82, 2.24) is 14.9 Å². The zero-order valence-electron chi connectivity index (χ0n) is 10.7. The first-order valence-corrected chi connectivity index (χ1v) is 6.25. The summed E-state index contributed by atoms with van der Waals surface area (Å²) in [6, 6.07) is 5.75. The Morgan fingerprint density at radius 3 is 2.89 bits per heavy atom. The van der Waals surface area contributed by atoms with Crippen molar-refractivity contribution in [3.63, 3.8) is 0 Å². The van der Waals surface area contributed by atoms with E-state index < -0.39 is 0 Å². The Kier molecular flexibility index (Phi) is 3.68. The first kappa shape index (κ1) is 13.1. The SMILES string of the molecule is CNC(C)Cn1c(Cl)nc2cccc(C)c2c1=O. The molecule has 0 saturated heterocycles. The van der Waals surface area contributed by atoms with E-state index in [1.807, 2.05) is 33.0 Å². The summed E-state index contributed by atoms with van der Waals surface area (Å²) in [6.07, 6.45) is 0. The van der Waals surface area contributed by atoms with Gasteiger partial charge in [-0.25, -0.2) is 4.98 Å². The molecule has 1 N–H and O–H groups in total. The fourth-order valence-electron chi connectivity index (χ4n) is 1.93. The molecule has 2 aromatic rings. The summed E-state index contributed by atoms with van der Waals surface area (Å²) in [6.45, 7) is 4.40. The lowest BCUT2D eigenvalue weighted by Gasteiger charge is -2.14. The van der Waals surface area contributed by atoms with Crippen molar-refractivity contribution < 1.29 is 0 Å². The molecule has 0 aliphatic rings. The molecule has 18 heavy (non-hydrogen) atoms. The second-order valence-corrected chi connectivity index (χ2v) is 4.79. The molecule has 2 rings (SSSR count). The topological polar surface area (TPSA) is 46.9 Å². The number of halogens is 1. The van der Waals surface area contributed by atoms with E-state index >= 15 is 0 Å². The van der Waals surface area contributed by atoms with Crippen LogP contribution in [0.5, 0.6) is 0 Å². The molecule has 1 heterocycles. The Balaban J connectivity index is 2.68. The highest BCUT2D eigenvalue weighted by molar-refractivity contribution is 6.28. The molecule has 1 aromatic carbocycles. The molecule has 0 fully saturated rings. The van der Waals surface area contributed by atoms with Gasteiger partial charge in [0.15, 0.2) is 0 Å². The Labute approximate surface area is 111 Å². The minimum absolute atomic E-state index is 0.0785. The summed E-state index contributed by atoms with van der Waals surface area (Å²) in [5, 5.41) is 3.96. The molecule has 5 heteroatoms. The quantitative estimate of drug-likeness (QED) is 0.863. The highest BCUT2D eigenvalue weighted by Crippen LogP contribution is 2.15. The largest absolute Gasteiger partial charge is 0.315 e. The zero-order valence-corrected chi connectivity index (χ0v) is 11.5. The van der Waals surface area contributed by atoms with Crippen LogP contribution in [0.3, 0.4) is 0 Å². The van der Waals surface area contributed by atoms with E-state index in [2.05, 4.69) is 10.3 Å². The monoisotopic (exact) mass is 265 g/mol. The van der Waals surface area contributed by atoms with Crippen molar-refractivity contribution in [3.8, 4) is 0 Å². The minimum Gasteiger partial charge on any atom is -0.315 e. The molecule has 4 nitrogen and oxygen atoms in total.